The summed E-state index contributed by atoms with van der Waals surface area (Å²) in [6.45, 7) is 2.82. The van der Waals surface area contributed by atoms with Gasteiger partial charge in [0, 0.05) is 35.6 Å². The number of carbonyl (C=O) groups excluding carboxylic acids is 1. The molecule has 1 aliphatic rings. The molecule has 0 saturated carbocycles. The van der Waals surface area contributed by atoms with Gasteiger partial charge in [0.1, 0.15) is 5.76 Å². The van der Waals surface area contributed by atoms with Crippen molar-refractivity contribution in [1.82, 2.24) is 9.88 Å². The Bertz CT molecular complexity index is 1320. The summed E-state index contributed by atoms with van der Waals surface area (Å²) in [5.41, 5.74) is 3.79. The van der Waals surface area contributed by atoms with Crippen LogP contribution in [-0.4, -0.2) is 27.4 Å². The third-order valence-electron chi connectivity index (χ3n) is 5.95. The van der Waals surface area contributed by atoms with Crippen LogP contribution in [0.2, 0.25) is 0 Å². The number of fused-ring (bicyclic) bond motifs is 3. The third-order valence-corrected chi connectivity index (χ3v) is 6.65. The molecule has 2 N–H and O–H groups in total. The average Bonchev–Trinajstić information content (AvgIpc) is 3.42. The van der Waals surface area contributed by atoms with Gasteiger partial charge in [-0.2, -0.15) is 11.3 Å². The second kappa shape index (κ2) is 7.74. The first-order chi connectivity index (χ1) is 15.0. The van der Waals surface area contributed by atoms with Crippen molar-refractivity contribution in [2.75, 3.05) is 6.54 Å². The molecule has 158 valence electrons. The summed E-state index contributed by atoms with van der Waals surface area (Å²) in [5, 5.41) is 15.4. The van der Waals surface area contributed by atoms with Crippen LogP contribution in [0.3, 0.4) is 0 Å². The van der Waals surface area contributed by atoms with Crippen LogP contribution < -0.4 is 5.43 Å². The standard InChI is InChI=1S/C24H22N2O4S/c1-14-10-21(27)23(29)24(30-14)18(15-7-9-31-13-15)11-22(28)26-8-6-17-16-4-2-3-5-19(16)25-20(17)12-26/h2-5,7,9-10,13,18,25,29H,6,8,11-12H2,1H3/t18-/m1/s1. The summed E-state index contributed by atoms with van der Waals surface area (Å²) in [6, 6.07) is 11.3. The van der Waals surface area contributed by atoms with Crippen LogP contribution in [0.15, 0.2) is 56.4 Å². The summed E-state index contributed by atoms with van der Waals surface area (Å²) in [7, 11) is 0. The van der Waals surface area contributed by atoms with E-state index in [0.29, 0.717) is 18.8 Å². The molecule has 0 saturated heterocycles. The second-order valence-electron chi connectivity index (χ2n) is 7.94. The lowest BCUT2D eigenvalue weighted by Gasteiger charge is -2.28. The molecule has 0 fully saturated rings. The fraction of sp³-hybridized carbons (Fsp3) is 0.250. The van der Waals surface area contributed by atoms with Crippen molar-refractivity contribution in [3.8, 4) is 5.75 Å². The smallest absolute Gasteiger partial charge is 0.227 e. The van der Waals surface area contributed by atoms with Gasteiger partial charge < -0.3 is 19.4 Å². The topological polar surface area (TPSA) is 86.5 Å². The van der Waals surface area contributed by atoms with Crippen LogP contribution in [-0.2, 0) is 17.8 Å². The monoisotopic (exact) mass is 434 g/mol. The number of carbonyl (C=O) groups is 1. The van der Waals surface area contributed by atoms with E-state index in [4.69, 9.17) is 4.42 Å². The largest absolute Gasteiger partial charge is 0.502 e. The molecular weight excluding hydrogens is 412 g/mol. The number of thiophene rings is 1. The number of hydrogen-bond acceptors (Lipinski definition) is 5. The van der Waals surface area contributed by atoms with Gasteiger partial charge in [-0.15, -0.1) is 0 Å². The van der Waals surface area contributed by atoms with Gasteiger partial charge in [0.25, 0.3) is 0 Å². The maximum atomic E-state index is 13.3. The number of aryl methyl sites for hydroxylation is 1. The number of benzene rings is 1. The SMILES string of the molecule is Cc1cc(=O)c(O)c([C@H](CC(=O)N2CCc3c([nH]c4ccccc34)C2)c2ccsc2)o1. The van der Waals surface area contributed by atoms with Crippen molar-refractivity contribution in [1.29, 1.82) is 0 Å². The maximum Gasteiger partial charge on any atom is 0.227 e. The Labute approximate surface area is 182 Å². The van der Waals surface area contributed by atoms with E-state index in [0.717, 1.165) is 23.2 Å². The lowest BCUT2D eigenvalue weighted by Crippen LogP contribution is -2.36. The molecule has 1 aliphatic heterocycles. The van der Waals surface area contributed by atoms with E-state index in [9.17, 15) is 14.7 Å². The number of amides is 1. The predicted octanol–water partition coefficient (Wildman–Crippen LogP) is 4.30. The van der Waals surface area contributed by atoms with Crippen molar-refractivity contribution in [3.05, 3.63) is 85.7 Å². The number of rotatable bonds is 4. The van der Waals surface area contributed by atoms with Gasteiger partial charge in [-0.25, -0.2) is 0 Å². The minimum Gasteiger partial charge on any atom is -0.502 e. The number of aromatic hydroxyl groups is 1. The predicted molar refractivity (Wildman–Crippen MR) is 120 cm³/mol. The molecule has 0 bridgehead atoms. The van der Waals surface area contributed by atoms with Crippen LogP contribution >= 0.6 is 11.3 Å². The minimum absolute atomic E-state index is 0.0379. The van der Waals surface area contributed by atoms with Crippen LogP contribution in [0.4, 0.5) is 0 Å². The summed E-state index contributed by atoms with van der Waals surface area (Å²) < 4.78 is 5.74. The maximum absolute atomic E-state index is 13.3. The summed E-state index contributed by atoms with van der Waals surface area (Å²) >= 11 is 1.50. The molecular formula is C24H22N2O4S. The number of hydrogen-bond donors (Lipinski definition) is 2. The van der Waals surface area contributed by atoms with Crippen LogP contribution in [0, 0.1) is 6.92 Å². The molecule has 0 radical (unpaired) electrons. The van der Waals surface area contributed by atoms with E-state index in [-0.39, 0.29) is 18.1 Å². The second-order valence-corrected chi connectivity index (χ2v) is 8.72. The molecule has 0 unspecified atom stereocenters. The van der Waals surface area contributed by atoms with Crippen LogP contribution in [0.1, 0.15) is 40.7 Å². The summed E-state index contributed by atoms with van der Waals surface area (Å²) in [5.74, 6) is -0.420. The molecule has 1 amide bonds. The zero-order valence-electron chi connectivity index (χ0n) is 17.1. The highest BCUT2D eigenvalue weighted by atomic mass is 32.1. The van der Waals surface area contributed by atoms with Gasteiger partial charge in [0.2, 0.25) is 17.1 Å². The van der Waals surface area contributed by atoms with Crippen molar-refractivity contribution in [2.45, 2.75) is 32.2 Å². The van der Waals surface area contributed by atoms with E-state index < -0.39 is 17.1 Å². The van der Waals surface area contributed by atoms with Gasteiger partial charge in [-0.05, 0) is 47.4 Å². The van der Waals surface area contributed by atoms with Crippen molar-refractivity contribution in [2.24, 2.45) is 0 Å². The van der Waals surface area contributed by atoms with Crippen LogP contribution in [0.25, 0.3) is 10.9 Å². The van der Waals surface area contributed by atoms with Gasteiger partial charge in [-0.1, -0.05) is 18.2 Å². The molecule has 1 aromatic carbocycles. The number of nitrogens with zero attached hydrogens (tertiary/aromatic N) is 1. The van der Waals surface area contributed by atoms with Crippen molar-refractivity contribution in [3.63, 3.8) is 0 Å². The molecule has 3 aromatic heterocycles. The Balaban J connectivity index is 1.44. The summed E-state index contributed by atoms with van der Waals surface area (Å²) in [4.78, 5) is 30.7. The fourth-order valence-electron chi connectivity index (χ4n) is 4.41. The highest BCUT2D eigenvalue weighted by molar-refractivity contribution is 7.08. The Hall–Kier alpha value is -3.32. The van der Waals surface area contributed by atoms with E-state index in [1.54, 1.807) is 6.92 Å². The fourth-order valence-corrected chi connectivity index (χ4v) is 5.12. The normalized spacial score (nSPS) is 14.5. The molecule has 0 aliphatic carbocycles. The molecule has 6 nitrogen and oxygen atoms in total. The quantitative estimate of drug-likeness (QED) is 0.501. The van der Waals surface area contributed by atoms with Gasteiger partial charge >= 0.3 is 0 Å². The zero-order chi connectivity index (χ0) is 21.5. The molecule has 1 atom stereocenters. The van der Waals surface area contributed by atoms with E-state index in [1.165, 1.54) is 28.4 Å². The number of H-pyrrole nitrogens is 1. The van der Waals surface area contributed by atoms with Gasteiger partial charge in [0.15, 0.2) is 5.76 Å². The molecule has 4 aromatic rings. The number of para-hydroxylation sites is 1. The lowest BCUT2D eigenvalue weighted by atomic mass is 9.93. The third kappa shape index (κ3) is 3.55. The minimum atomic E-state index is -0.518. The van der Waals surface area contributed by atoms with Gasteiger partial charge in [-0.3, -0.25) is 9.59 Å². The Morgan fingerprint density at radius 1 is 1.32 bits per heavy atom. The Kier molecular flexibility index (Phi) is 4.90. The first kappa shape index (κ1) is 19.6. The molecule has 7 heteroatoms. The van der Waals surface area contributed by atoms with E-state index in [1.807, 2.05) is 33.9 Å². The Morgan fingerprint density at radius 2 is 2.16 bits per heavy atom. The molecule has 0 spiro atoms. The van der Waals surface area contributed by atoms with E-state index >= 15 is 0 Å². The highest BCUT2D eigenvalue weighted by Gasteiger charge is 2.30. The zero-order valence-corrected chi connectivity index (χ0v) is 17.9. The van der Waals surface area contributed by atoms with Crippen LogP contribution in [0.5, 0.6) is 5.75 Å². The highest BCUT2D eigenvalue weighted by Crippen LogP contribution is 2.35. The first-order valence-corrected chi connectivity index (χ1v) is 11.2. The average molecular weight is 435 g/mol. The number of nitrogens with one attached hydrogen (secondary N) is 1. The van der Waals surface area contributed by atoms with Gasteiger partial charge in [0.05, 0.1) is 12.5 Å². The lowest BCUT2D eigenvalue weighted by molar-refractivity contribution is -0.132. The van der Waals surface area contributed by atoms with Crippen molar-refractivity contribution < 1.29 is 14.3 Å². The summed E-state index contributed by atoms with van der Waals surface area (Å²) in [6.07, 6.45) is 0.908. The molecule has 4 heterocycles. The molecule has 5 rings (SSSR count). The van der Waals surface area contributed by atoms with Crippen molar-refractivity contribution >= 4 is 28.1 Å². The Morgan fingerprint density at radius 3 is 2.97 bits per heavy atom. The number of aromatic amines is 1. The first-order valence-electron chi connectivity index (χ1n) is 10.2. The number of aromatic nitrogens is 1. The van der Waals surface area contributed by atoms with E-state index in [2.05, 4.69) is 17.1 Å². The molecule has 31 heavy (non-hydrogen) atoms.